The van der Waals surface area contributed by atoms with Crippen LogP contribution >= 0.6 is 11.6 Å². The molecule has 1 nitrogen and oxygen atoms in total. The summed E-state index contributed by atoms with van der Waals surface area (Å²) in [5.74, 6) is 0.723. The second-order valence-corrected chi connectivity index (χ2v) is 5.08. The van der Waals surface area contributed by atoms with Gasteiger partial charge in [0.1, 0.15) is 0 Å². The lowest BCUT2D eigenvalue weighted by Crippen LogP contribution is -2.23. The van der Waals surface area contributed by atoms with Crippen LogP contribution in [0.25, 0.3) is 0 Å². The third-order valence-corrected chi connectivity index (χ3v) is 3.58. The highest BCUT2D eigenvalue weighted by Crippen LogP contribution is 2.22. The zero-order valence-electron chi connectivity index (χ0n) is 10.0. The molecule has 2 heteroatoms. The van der Waals surface area contributed by atoms with Gasteiger partial charge < -0.3 is 4.90 Å². The van der Waals surface area contributed by atoms with Crippen molar-refractivity contribution < 1.29 is 0 Å². The number of hydrogen-bond donors (Lipinski definition) is 0. The number of fused-ring (bicyclic) bond motifs is 1. The Kier molecular flexibility index (Phi) is 4.25. The fraction of sp³-hybridized carbons (Fsp3) is 0.571. The number of nitrogens with zero attached hydrogens (tertiary/aromatic N) is 1. The maximum Gasteiger partial charge on any atom is 0.0351 e. The summed E-state index contributed by atoms with van der Waals surface area (Å²) in [6.45, 7) is 2.08. The van der Waals surface area contributed by atoms with Crippen LogP contribution in [0.2, 0.25) is 0 Å². The first kappa shape index (κ1) is 11.9. The van der Waals surface area contributed by atoms with E-state index in [2.05, 4.69) is 30.1 Å². The van der Waals surface area contributed by atoms with Gasteiger partial charge in [-0.25, -0.2) is 0 Å². The fourth-order valence-corrected chi connectivity index (χ4v) is 2.65. The van der Waals surface area contributed by atoms with E-state index in [9.17, 15) is 0 Å². The molecule has 0 saturated carbocycles. The molecule has 0 aliphatic heterocycles. The van der Waals surface area contributed by atoms with E-state index in [1.54, 1.807) is 11.1 Å². The molecule has 88 valence electrons. The standard InChI is InChI=1S/C14H20ClN/c1-16(10-8-15)9-7-12-5-6-13-3-2-4-14(13)11-12/h5-6,11H,2-4,7-10H2,1H3. The summed E-state index contributed by atoms with van der Waals surface area (Å²) < 4.78 is 0. The van der Waals surface area contributed by atoms with Crippen LogP contribution < -0.4 is 0 Å². The molecule has 2 rings (SSSR count). The Morgan fingerprint density at radius 2 is 2.00 bits per heavy atom. The van der Waals surface area contributed by atoms with Crippen LogP contribution in [-0.2, 0) is 19.3 Å². The van der Waals surface area contributed by atoms with Crippen LogP contribution in [0.5, 0.6) is 0 Å². The summed E-state index contributed by atoms with van der Waals surface area (Å²) in [7, 11) is 2.13. The van der Waals surface area contributed by atoms with Crippen LogP contribution in [0.4, 0.5) is 0 Å². The topological polar surface area (TPSA) is 3.24 Å². The normalized spacial score (nSPS) is 14.4. The van der Waals surface area contributed by atoms with Crippen LogP contribution in [0.1, 0.15) is 23.1 Å². The number of halogens is 1. The zero-order chi connectivity index (χ0) is 11.4. The Balaban J connectivity index is 1.90. The first-order valence-electron chi connectivity index (χ1n) is 6.15. The third-order valence-electron chi connectivity index (χ3n) is 3.41. The Labute approximate surface area is 103 Å². The van der Waals surface area contributed by atoms with Crippen molar-refractivity contribution in [3.63, 3.8) is 0 Å². The lowest BCUT2D eigenvalue weighted by atomic mass is 10.0. The zero-order valence-corrected chi connectivity index (χ0v) is 10.8. The minimum atomic E-state index is 0.723. The molecule has 0 atom stereocenters. The van der Waals surface area contributed by atoms with Crippen molar-refractivity contribution in [3.05, 3.63) is 34.9 Å². The molecule has 1 aromatic rings. The Morgan fingerprint density at radius 3 is 2.81 bits per heavy atom. The number of rotatable bonds is 5. The molecule has 1 aliphatic carbocycles. The van der Waals surface area contributed by atoms with Crippen molar-refractivity contribution >= 4 is 11.6 Å². The van der Waals surface area contributed by atoms with Crippen molar-refractivity contribution in [2.45, 2.75) is 25.7 Å². The van der Waals surface area contributed by atoms with Gasteiger partial charge in [0.05, 0.1) is 0 Å². The summed E-state index contributed by atoms with van der Waals surface area (Å²) in [4.78, 5) is 2.29. The van der Waals surface area contributed by atoms with E-state index in [1.165, 1.54) is 24.8 Å². The Morgan fingerprint density at radius 1 is 1.19 bits per heavy atom. The first-order valence-corrected chi connectivity index (χ1v) is 6.68. The lowest BCUT2D eigenvalue weighted by Gasteiger charge is -2.15. The molecule has 0 heterocycles. The number of aryl methyl sites for hydroxylation is 2. The lowest BCUT2D eigenvalue weighted by molar-refractivity contribution is 0.359. The highest BCUT2D eigenvalue weighted by atomic mass is 35.5. The van der Waals surface area contributed by atoms with Crippen LogP contribution in [-0.4, -0.2) is 30.9 Å². The summed E-state index contributed by atoms with van der Waals surface area (Å²) in [6.07, 6.45) is 5.04. The number of hydrogen-bond acceptors (Lipinski definition) is 1. The van der Waals surface area contributed by atoms with Gasteiger partial charge in [-0.05, 0) is 49.4 Å². The van der Waals surface area contributed by atoms with Crippen molar-refractivity contribution in [1.29, 1.82) is 0 Å². The summed E-state index contributed by atoms with van der Waals surface area (Å²) in [5.41, 5.74) is 4.62. The molecule has 0 amide bonds. The van der Waals surface area contributed by atoms with E-state index in [4.69, 9.17) is 11.6 Å². The highest BCUT2D eigenvalue weighted by molar-refractivity contribution is 6.18. The monoisotopic (exact) mass is 237 g/mol. The molecule has 0 saturated heterocycles. The SMILES string of the molecule is CN(CCCl)CCc1ccc2c(c1)CCC2. The molecule has 0 fully saturated rings. The predicted octanol–water partition coefficient (Wildman–Crippen LogP) is 2.89. The molecule has 0 N–H and O–H groups in total. The van der Waals surface area contributed by atoms with E-state index in [0.717, 1.165) is 25.4 Å². The van der Waals surface area contributed by atoms with Gasteiger partial charge in [0, 0.05) is 19.0 Å². The number of benzene rings is 1. The fourth-order valence-electron chi connectivity index (χ4n) is 2.36. The maximum atomic E-state index is 5.71. The van der Waals surface area contributed by atoms with Gasteiger partial charge >= 0.3 is 0 Å². The van der Waals surface area contributed by atoms with Gasteiger partial charge in [0.2, 0.25) is 0 Å². The van der Waals surface area contributed by atoms with E-state index in [-0.39, 0.29) is 0 Å². The maximum absolute atomic E-state index is 5.71. The van der Waals surface area contributed by atoms with Crippen LogP contribution in [0.3, 0.4) is 0 Å². The molecule has 16 heavy (non-hydrogen) atoms. The molecule has 0 radical (unpaired) electrons. The third kappa shape index (κ3) is 2.99. The first-order chi connectivity index (χ1) is 7.79. The van der Waals surface area contributed by atoms with Gasteiger partial charge in [0.15, 0.2) is 0 Å². The molecule has 0 aromatic heterocycles. The minimum Gasteiger partial charge on any atom is -0.305 e. The van der Waals surface area contributed by atoms with Gasteiger partial charge in [0.25, 0.3) is 0 Å². The molecular weight excluding hydrogens is 218 g/mol. The predicted molar refractivity (Wildman–Crippen MR) is 70.4 cm³/mol. The van der Waals surface area contributed by atoms with E-state index in [1.807, 2.05) is 0 Å². The molecule has 1 aromatic carbocycles. The Bertz CT molecular complexity index is 349. The van der Waals surface area contributed by atoms with E-state index in [0.29, 0.717) is 0 Å². The smallest absolute Gasteiger partial charge is 0.0351 e. The number of alkyl halides is 1. The van der Waals surface area contributed by atoms with Crippen molar-refractivity contribution in [1.82, 2.24) is 4.90 Å². The van der Waals surface area contributed by atoms with E-state index >= 15 is 0 Å². The van der Waals surface area contributed by atoms with Crippen LogP contribution in [0.15, 0.2) is 18.2 Å². The number of likely N-dealkylation sites (N-methyl/N-ethyl adjacent to an activating group) is 1. The Hall–Kier alpha value is -0.530. The van der Waals surface area contributed by atoms with E-state index < -0.39 is 0 Å². The average molecular weight is 238 g/mol. The quantitative estimate of drug-likeness (QED) is 0.712. The molecule has 0 unspecified atom stereocenters. The molecule has 1 aliphatic rings. The van der Waals surface area contributed by atoms with Crippen molar-refractivity contribution in [2.24, 2.45) is 0 Å². The average Bonchev–Trinajstić information content (AvgIpc) is 2.74. The van der Waals surface area contributed by atoms with Crippen molar-refractivity contribution in [3.8, 4) is 0 Å². The second-order valence-electron chi connectivity index (χ2n) is 4.70. The van der Waals surface area contributed by atoms with Gasteiger partial charge in [-0.1, -0.05) is 18.2 Å². The summed E-state index contributed by atoms with van der Waals surface area (Å²) in [6, 6.07) is 7.01. The minimum absolute atomic E-state index is 0.723. The molecule has 0 spiro atoms. The van der Waals surface area contributed by atoms with Gasteiger partial charge in [-0.15, -0.1) is 11.6 Å². The van der Waals surface area contributed by atoms with Crippen LogP contribution in [0, 0.1) is 0 Å². The largest absolute Gasteiger partial charge is 0.305 e. The summed E-state index contributed by atoms with van der Waals surface area (Å²) in [5, 5.41) is 0. The highest BCUT2D eigenvalue weighted by Gasteiger charge is 2.10. The van der Waals surface area contributed by atoms with Gasteiger partial charge in [-0.3, -0.25) is 0 Å². The second kappa shape index (κ2) is 5.70. The van der Waals surface area contributed by atoms with Gasteiger partial charge in [-0.2, -0.15) is 0 Å². The van der Waals surface area contributed by atoms with Crippen molar-refractivity contribution in [2.75, 3.05) is 26.0 Å². The molecule has 0 bridgehead atoms. The molecular formula is C14H20ClN. The summed E-state index contributed by atoms with van der Waals surface area (Å²) >= 11 is 5.71.